The van der Waals surface area contributed by atoms with Gasteiger partial charge in [-0.25, -0.2) is 4.68 Å². The van der Waals surface area contributed by atoms with Crippen LogP contribution in [0.5, 0.6) is 0 Å². The molecular weight excluding hydrogens is 405 g/mol. The van der Waals surface area contributed by atoms with Gasteiger partial charge in [-0.05, 0) is 57.0 Å². The topological polar surface area (TPSA) is 41.4 Å². The molecule has 0 saturated carbocycles. The van der Waals surface area contributed by atoms with Crippen molar-refractivity contribution in [3.05, 3.63) is 46.7 Å². The highest BCUT2D eigenvalue weighted by Gasteiger charge is 2.42. The van der Waals surface area contributed by atoms with E-state index in [1.165, 1.54) is 29.9 Å². The van der Waals surface area contributed by atoms with Crippen molar-refractivity contribution in [1.82, 2.24) is 19.6 Å². The zero-order valence-electron chi connectivity index (χ0n) is 15.8. The van der Waals surface area contributed by atoms with Gasteiger partial charge >= 0.3 is 6.18 Å². The molecule has 0 atom stereocenters. The summed E-state index contributed by atoms with van der Waals surface area (Å²) in [5.41, 5.74) is -1.32. The first-order valence-corrected chi connectivity index (χ1v) is 10.2. The van der Waals surface area contributed by atoms with Crippen molar-refractivity contribution in [1.29, 1.82) is 0 Å². The summed E-state index contributed by atoms with van der Waals surface area (Å²) in [5.74, 6) is -0.620. The minimum absolute atomic E-state index is 0.164. The predicted molar refractivity (Wildman–Crippen MR) is 103 cm³/mol. The Balaban J connectivity index is 1.57. The highest BCUT2D eigenvalue weighted by Crippen LogP contribution is 2.35. The zero-order valence-corrected chi connectivity index (χ0v) is 16.6. The van der Waals surface area contributed by atoms with Gasteiger partial charge in [0, 0.05) is 24.2 Å². The molecule has 0 radical (unpaired) electrons. The molecule has 0 unspecified atom stereocenters. The first kappa shape index (κ1) is 20.2. The fraction of sp³-hybridized carbons (Fsp3) is 0.500. The number of hydrogen-bond acceptors (Lipinski definition) is 3. The SMILES string of the molecule is O=C(c1cnn(-c2cccc(Cl)c2)c1C(F)(F)F)N1CCC(N2CCCC2)CC1. The predicted octanol–water partition coefficient (Wildman–Crippen LogP) is 4.24. The molecule has 4 rings (SSSR count). The van der Waals surface area contributed by atoms with E-state index in [0.29, 0.717) is 24.2 Å². The number of piperidine rings is 1. The van der Waals surface area contributed by atoms with E-state index in [0.717, 1.165) is 36.8 Å². The summed E-state index contributed by atoms with van der Waals surface area (Å²) in [5, 5.41) is 4.16. The van der Waals surface area contributed by atoms with Crippen LogP contribution in [0.1, 0.15) is 41.7 Å². The summed E-state index contributed by atoms with van der Waals surface area (Å²) in [4.78, 5) is 16.9. The van der Waals surface area contributed by atoms with Crippen LogP contribution in [0.2, 0.25) is 5.02 Å². The van der Waals surface area contributed by atoms with Crippen molar-refractivity contribution in [2.45, 2.75) is 37.9 Å². The number of benzene rings is 1. The number of rotatable bonds is 3. The maximum Gasteiger partial charge on any atom is 0.434 e. The molecule has 1 amide bonds. The Kier molecular flexibility index (Phi) is 5.57. The summed E-state index contributed by atoms with van der Waals surface area (Å²) < 4.78 is 42.3. The van der Waals surface area contributed by atoms with E-state index in [4.69, 9.17) is 11.6 Å². The average Bonchev–Trinajstić information content (AvgIpc) is 3.37. The van der Waals surface area contributed by atoms with Crippen molar-refractivity contribution in [3.63, 3.8) is 0 Å². The third-order valence-electron chi connectivity index (χ3n) is 5.73. The lowest BCUT2D eigenvalue weighted by atomic mass is 10.0. The third-order valence-corrected chi connectivity index (χ3v) is 5.96. The Hall–Kier alpha value is -2.06. The quantitative estimate of drug-likeness (QED) is 0.737. The second-order valence-corrected chi connectivity index (χ2v) is 8.00. The summed E-state index contributed by atoms with van der Waals surface area (Å²) in [6.07, 6.45) is 0.245. The van der Waals surface area contributed by atoms with Gasteiger partial charge in [0.05, 0.1) is 17.4 Å². The first-order valence-electron chi connectivity index (χ1n) is 9.79. The largest absolute Gasteiger partial charge is 0.434 e. The van der Waals surface area contributed by atoms with Crippen LogP contribution in [0, 0.1) is 0 Å². The Morgan fingerprint density at radius 3 is 2.41 bits per heavy atom. The van der Waals surface area contributed by atoms with Crippen molar-refractivity contribution < 1.29 is 18.0 Å². The lowest BCUT2D eigenvalue weighted by Crippen LogP contribution is -2.46. The van der Waals surface area contributed by atoms with Gasteiger partial charge in [0.1, 0.15) is 0 Å². The summed E-state index contributed by atoms with van der Waals surface area (Å²) in [6.45, 7) is 3.06. The maximum absolute atomic E-state index is 13.9. The molecule has 2 fully saturated rings. The third kappa shape index (κ3) is 4.14. The number of aromatic nitrogens is 2. The number of halogens is 4. The molecule has 0 bridgehead atoms. The Morgan fingerprint density at radius 1 is 1.10 bits per heavy atom. The molecule has 5 nitrogen and oxygen atoms in total. The number of likely N-dealkylation sites (tertiary alicyclic amines) is 2. The molecule has 1 aromatic carbocycles. The van der Waals surface area contributed by atoms with Gasteiger partial charge in [-0.1, -0.05) is 17.7 Å². The van der Waals surface area contributed by atoms with Gasteiger partial charge in [-0.3, -0.25) is 4.79 Å². The van der Waals surface area contributed by atoms with E-state index in [1.807, 2.05) is 0 Å². The molecule has 2 saturated heterocycles. The fourth-order valence-electron chi connectivity index (χ4n) is 4.29. The molecule has 1 aromatic heterocycles. The van der Waals surface area contributed by atoms with E-state index < -0.39 is 23.3 Å². The maximum atomic E-state index is 13.9. The van der Waals surface area contributed by atoms with Crippen molar-refractivity contribution in [3.8, 4) is 5.69 Å². The smallest absolute Gasteiger partial charge is 0.338 e. The normalized spacial score (nSPS) is 19.1. The monoisotopic (exact) mass is 426 g/mol. The number of hydrogen-bond donors (Lipinski definition) is 0. The van der Waals surface area contributed by atoms with Crippen molar-refractivity contribution in [2.75, 3.05) is 26.2 Å². The van der Waals surface area contributed by atoms with E-state index in [2.05, 4.69) is 10.00 Å². The van der Waals surface area contributed by atoms with E-state index in [9.17, 15) is 18.0 Å². The van der Waals surface area contributed by atoms with Crippen molar-refractivity contribution in [2.24, 2.45) is 0 Å². The minimum Gasteiger partial charge on any atom is -0.338 e. The molecular formula is C20H22ClF3N4O. The second kappa shape index (κ2) is 7.99. The molecule has 0 aliphatic carbocycles. The number of alkyl halides is 3. The van der Waals surface area contributed by atoms with Crippen LogP contribution in [0.4, 0.5) is 13.2 Å². The van der Waals surface area contributed by atoms with Gasteiger partial charge in [0.2, 0.25) is 0 Å². The molecule has 2 aromatic rings. The van der Waals surface area contributed by atoms with Crippen LogP contribution >= 0.6 is 11.6 Å². The summed E-state index contributed by atoms with van der Waals surface area (Å²) in [6, 6.07) is 6.39. The van der Waals surface area contributed by atoms with Crippen LogP contribution in [-0.2, 0) is 6.18 Å². The molecule has 29 heavy (non-hydrogen) atoms. The standard InChI is InChI=1S/C20H22ClF3N4O/c21-14-4-3-5-16(12-14)28-18(20(22,23)24)17(13-25-28)19(29)27-10-6-15(7-11-27)26-8-1-2-9-26/h3-5,12-13,15H,1-2,6-11H2. The number of carbonyl (C=O) groups excluding carboxylic acids is 1. The van der Waals surface area contributed by atoms with Gasteiger partial charge in [-0.2, -0.15) is 18.3 Å². The molecule has 156 valence electrons. The summed E-state index contributed by atoms with van der Waals surface area (Å²) >= 11 is 5.92. The molecule has 0 N–H and O–H groups in total. The molecule has 3 heterocycles. The lowest BCUT2D eigenvalue weighted by molar-refractivity contribution is -0.143. The molecule has 0 spiro atoms. The number of carbonyl (C=O) groups is 1. The van der Waals surface area contributed by atoms with Crippen molar-refractivity contribution >= 4 is 17.5 Å². The van der Waals surface area contributed by atoms with Crippen LogP contribution in [0.3, 0.4) is 0 Å². The van der Waals surface area contributed by atoms with E-state index >= 15 is 0 Å². The average molecular weight is 427 g/mol. The van der Waals surface area contributed by atoms with Crippen LogP contribution in [0.15, 0.2) is 30.5 Å². The highest BCUT2D eigenvalue weighted by atomic mass is 35.5. The van der Waals surface area contributed by atoms with Gasteiger partial charge in [0.25, 0.3) is 5.91 Å². The van der Waals surface area contributed by atoms with E-state index in [1.54, 1.807) is 12.1 Å². The zero-order chi connectivity index (χ0) is 20.6. The highest BCUT2D eigenvalue weighted by molar-refractivity contribution is 6.30. The minimum atomic E-state index is -4.72. The Labute approximate surface area is 172 Å². The van der Waals surface area contributed by atoms with Crippen LogP contribution in [-0.4, -0.2) is 57.7 Å². The van der Waals surface area contributed by atoms with Crippen LogP contribution < -0.4 is 0 Å². The summed E-state index contributed by atoms with van der Waals surface area (Å²) in [7, 11) is 0. The molecule has 9 heteroatoms. The number of amides is 1. The Morgan fingerprint density at radius 2 is 1.79 bits per heavy atom. The number of nitrogens with zero attached hydrogens (tertiary/aromatic N) is 4. The fourth-order valence-corrected chi connectivity index (χ4v) is 4.48. The second-order valence-electron chi connectivity index (χ2n) is 7.56. The van der Waals surface area contributed by atoms with E-state index in [-0.39, 0.29) is 5.69 Å². The molecule has 2 aliphatic rings. The molecule has 2 aliphatic heterocycles. The Bertz CT molecular complexity index is 884. The van der Waals surface area contributed by atoms with Crippen LogP contribution in [0.25, 0.3) is 5.69 Å². The van der Waals surface area contributed by atoms with Gasteiger partial charge < -0.3 is 9.80 Å². The van der Waals surface area contributed by atoms with Gasteiger partial charge in [0.15, 0.2) is 5.69 Å². The lowest BCUT2D eigenvalue weighted by Gasteiger charge is -2.36. The first-order chi connectivity index (χ1) is 13.8. The van der Waals surface area contributed by atoms with Gasteiger partial charge in [-0.15, -0.1) is 0 Å².